The first kappa shape index (κ1) is 11.0. The summed E-state index contributed by atoms with van der Waals surface area (Å²) in [6.45, 7) is 2.05. The molecule has 1 nitrogen and oxygen atoms in total. The second kappa shape index (κ2) is 3.97. The van der Waals surface area contributed by atoms with Crippen molar-refractivity contribution < 1.29 is 0 Å². The number of benzene rings is 2. The Kier molecular flexibility index (Phi) is 2.57. The minimum atomic E-state index is 0.773. The minimum absolute atomic E-state index is 0.773. The molecule has 0 saturated carbocycles. The molecule has 3 aromatic rings. The van der Waals surface area contributed by atoms with Crippen molar-refractivity contribution in [1.29, 1.82) is 0 Å². The lowest BCUT2D eigenvalue weighted by atomic mass is 10.1. The number of aromatic nitrogens is 1. The summed E-state index contributed by atoms with van der Waals surface area (Å²) in [6, 6.07) is 12.1. The van der Waals surface area contributed by atoms with E-state index in [1.165, 1.54) is 5.56 Å². The Morgan fingerprint density at radius 3 is 2.71 bits per heavy atom. The maximum Gasteiger partial charge on any atom is 0.0866 e. The van der Waals surface area contributed by atoms with Crippen molar-refractivity contribution in [3.63, 3.8) is 0 Å². The molecule has 0 radical (unpaired) electrons. The van der Waals surface area contributed by atoms with Crippen LogP contribution < -0.4 is 0 Å². The summed E-state index contributed by atoms with van der Waals surface area (Å²) in [5.74, 6) is 0. The van der Waals surface area contributed by atoms with Crippen LogP contribution in [0.25, 0.3) is 21.8 Å². The van der Waals surface area contributed by atoms with E-state index in [1.807, 2.05) is 24.3 Å². The van der Waals surface area contributed by atoms with Crippen molar-refractivity contribution in [1.82, 2.24) is 4.98 Å². The number of hydrogen-bond acceptors (Lipinski definition) is 1. The van der Waals surface area contributed by atoms with E-state index in [9.17, 15) is 0 Å². The molecule has 1 aromatic heterocycles. The Morgan fingerprint density at radius 1 is 1.12 bits per heavy atom. The van der Waals surface area contributed by atoms with Gasteiger partial charge in [-0.2, -0.15) is 0 Å². The van der Waals surface area contributed by atoms with Gasteiger partial charge in [0.15, 0.2) is 0 Å². The van der Waals surface area contributed by atoms with E-state index in [0.717, 1.165) is 31.3 Å². The van der Waals surface area contributed by atoms with Gasteiger partial charge in [0.05, 0.1) is 16.1 Å². The van der Waals surface area contributed by atoms with Crippen LogP contribution in [0.3, 0.4) is 0 Å². The van der Waals surface area contributed by atoms with Gasteiger partial charge in [-0.15, -0.1) is 0 Å². The third-order valence-corrected chi connectivity index (χ3v) is 3.83. The highest BCUT2D eigenvalue weighted by molar-refractivity contribution is 9.10. The number of aryl methyl sites for hydroxylation is 1. The van der Waals surface area contributed by atoms with E-state index in [2.05, 4.69) is 40.0 Å². The molecule has 0 amide bonds. The van der Waals surface area contributed by atoms with Crippen molar-refractivity contribution in [3.05, 3.63) is 51.5 Å². The molecule has 84 valence electrons. The molecule has 0 bridgehead atoms. The largest absolute Gasteiger partial charge is 0.246 e. The predicted octanol–water partition coefficient (Wildman–Crippen LogP) is 5.11. The number of halogens is 2. The van der Waals surface area contributed by atoms with Gasteiger partial charge in [0.25, 0.3) is 0 Å². The number of pyridine rings is 1. The van der Waals surface area contributed by atoms with Gasteiger partial charge in [0, 0.05) is 15.2 Å². The lowest BCUT2D eigenvalue weighted by Crippen LogP contribution is -1.87. The summed E-state index contributed by atoms with van der Waals surface area (Å²) in [5.41, 5.74) is 3.01. The molecule has 3 heteroatoms. The van der Waals surface area contributed by atoms with Gasteiger partial charge in [-0.1, -0.05) is 29.8 Å². The van der Waals surface area contributed by atoms with E-state index in [1.54, 1.807) is 0 Å². The smallest absolute Gasteiger partial charge is 0.0866 e. The zero-order chi connectivity index (χ0) is 12.0. The fraction of sp³-hybridized carbons (Fsp3) is 0.0714. The Morgan fingerprint density at radius 2 is 1.88 bits per heavy atom. The fourth-order valence-electron chi connectivity index (χ4n) is 2.04. The molecule has 0 spiro atoms. The highest BCUT2D eigenvalue weighted by Gasteiger charge is 2.09. The fourth-order valence-corrected chi connectivity index (χ4v) is 3.01. The highest BCUT2D eigenvalue weighted by Crippen LogP contribution is 2.34. The topological polar surface area (TPSA) is 12.9 Å². The average Bonchev–Trinajstić information content (AvgIpc) is 2.31. The van der Waals surface area contributed by atoms with Crippen LogP contribution in [0.5, 0.6) is 0 Å². The van der Waals surface area contributed by atoms with E-state index in [4.69, 9.17) is 11.6 Å². The normalized spacial score (nSPS) is 11.2. The Balaban J connectivity index is 2.59. The van der Waals surface area contributed by atoms with Crippen LogP contribution in [0.4, 0.5) is 0 Å². The van der Waals surface area contributed by atoms with Crippen LogP contribution in [-0.4, -0.2) is 4.98 Å². The summed E-state index contributed by atoms with van der Waals surface area (Å²) in [5, 5.41) is 2.77. The Bertz CT molecular complexity index is 737. The molecule has 0 saturated heterocycles. The number of para-hydroxylation sites is 1. The third kappa shape index (κ3) is 1.72. The summed E-state index contributed by atoms with van der Waals surface area (Å²) in [6.07, 6.45) is 0. The van der Waals surface area contributed by atoms with Crippen LogP contribution in [0, 0.1) is 6.92 Å². The van der Waals surface area contributed by atoms with Crippen LogP contribution in [-0.2, 0) is 0 Å². The average molecular weight is 307 g/mol. The van der Waals surface area contributed by atoms with Crippen LogP contribution in [0.1, 0.15) is 5.56 Å². The zero-order valence-electron chi connectivity index (χ0n) is 9.17. The molecule has 0 aliphatic heterocycles. The summed E-state index contributed by atoms with van der Waals surface area (Å²) in [7, 11) is 0. The molecular formula is C14H9BrClN. The number of hydrogen-bond donors (Lipinski definition) is 0. The number of rotatable bonds is 0. The molecule has 1 heterocycles. The standard InChI is InChI=1S/C14H9BrClN/c1-8-6-10-13(16)9-4-2-3-5-12(9)17-14(10)11(15)7-8/h2-7H,1H3. The summed E-state index contributed by atoms with van der Waals surface area (Å²) < 4.78 is 0.986. The molecule has 0 fully saturated rings. The molecule has 0 aliphatic rings. The van der Waals surface area contributed by atoms with E-state index in [-0.39, 0.29) is 0 Å². The van der Waals surface area contributed by atoms with E-state index >= 15 is 0 Å². The van der Waals surface area contributed by atoms with Crippen molar-refractivity contribution in [3.8, 4) is 0 Å². The van der Waals surface area contributed by atoms with Crippen molar-refractivity contribution in [2.24, 2.45) is 0 Å². The van der Waals surface area contributed by atoms with Crippen LogP contribution in [0.2, 0.25) is 5.02 Å². The lowest BCUT2D eigenvalue weighted by Gasteiger charge is -2.07. The van der Waals surface area contributed by atoms with Gasteiger partial charge in [-0.05, 0) is 46.6 Å². The molecule has 0 N–H and O–H groups in total. The molecule has 3 rings (SSSR count). The second-order valence-corrected chi connectivity index (χ2v) is 5.32. The number of nitrogens with zero attached hydrogens (tertiary/aromatic N) is 1. The van der Waals surface area contributed by atoms with Gasteiger partial charge in [-0.3, -0.25) is 0 Å². The lowest BCUT2D eigenvalue weighted by molar-refractivity contribution is 1.43. The second-order valence-electron chi connectivity index (χ2n) is 4.09. The first-order valence-corrected chi connectivity index (χ1v) is 6.48. The molecule has 2 aromatic carbocycles. The van der Waals surface area contributed by atoms with Crippen LogP contribution >= 0.6 is 27.5 Å². The molecular weight excluding hydrogens is 298 g/mol. The van der Waals surface area contributed by atoms with Gasteiger partial charge >= 0.3 is 0 Å². The molecule has 0 unspecified atom stereocenters. The molecule has 0 atom stereocenters. The third-order valence-electron chi connectivity index (χ3n) is 2.82. The van der Waals surface area contributed by atoms with E-state index in [0.29, 0.717) is 0 Å². The molecule has 17 heavy (non-hydrogen) atoms. The van der Waals surface area contributed by atoms with Gasteiger partial charge in [0.1, 0.15) is 0 Å². The van der Waals surface area contributed by atoms with Crippen molar-refractivity contribution in [2.45, 2.75) is 6.92 Å². The summed E-state index contributed by atoms with van der Waals surface area (Å²) >= 11 is 10.0. The van der Waals surface area contributed by atoms with Gasteiger partial charge < -0.3 is 0 Å². The Hall–Kier alpha value is -1.12. The quantitative estimate of drug-likeness (QED) is 0.526. The SMILES string of the molecule is Cc1cc(Br)c2nc3ccccc3c(Cl)c2c1. The minimum Gasteiger partial charge on any atom is -0.246 e. The van der Waals surface area contributed by atoms with Crippen molar-refractivity contribution in [2.75, 3.05) is 0 Å². The maximum absolute atomic E-state index is 6.46. The number of fused-ring (bicyclic) bond motifs is 2. The highest BCUT2D eigenvalue weighted by atomic mass is 79.9. The van der Waals surface area contributed by atoms with Gasteiger partial charge in [-0.25, -0.2) is 4.98 Å². The van der Waals surface area contributed by atoms with E-state index < -0.39 is 0 Å². The maximum atomic E-state index is 6.46. The first-order valence-electron chi connectivity index (χ1n) is 5.31. The summed E-state index contributed by atoms with van der Waals surface area (Å²) in [4.78, 5) is 4.65. The first-order chi connectivity index (χ1) is 8.16. The Labute approximate surface area is 113 Å². The zero-order valence-corrected chi connectivity index (χ0v) is 11.5. The molecule has 0 aliphatic carbocycles. The van der Waals surface area contributed by atoms with Crippen molar-refractivity contribution >= 4 is 49.3 Å². The predicted molar refractivity (Wildman–Crippen MR) is 76.7 cm³/mol. The monoisotopic (exact) mass is 305 g/mol. The van der Waals surface area contributed by atoms with Gasteiger partial charge in [0.2, 0.25) is 0 Å². The van der Waals surface area contributed by atoms with Crippen LogP contribution in [0.15, 0.2) is 40.9 Å².